The monoisotopic (exact) mass is 207 g/mol. The Balaban J connectivity index is 2.16. The molecule has 0 aliphatic carbocycles. The second-order valence-corrected chi connectivity index (χ2v) is 4.23. The summed E-state index contributed by atoms with van der Waals surface area (Å²) in [5, 5.41) is 0. The number of hydrogen-bond acceptors (Lipinski definition) is 3. The van der Waals surface area contributed by atoms with Crippen LogP contribution in [0.4, 0.5) is 5.69 Å². The van der Waals surface area contributed by atoms with Gasteiger partial charge < -0.3 is 15.2 Å². The SMILES string of the molecule is CN1CCCC1Cn1cc(N)ccc1=O. The Kier molecular flexibility index (Phi) is 2.77. The summed E-state index contributed by atoms with van der Waals surface area (Å²) >= 11 is 0. The number of likely N-dealkylation sites (tertiary alicyclic amines) is 1. The number of likely N-dealkylation sites (N-methyl/N-ethyl adjacent to an activating group) is 1. The van der Waals surface area contributed by atoms with Crippen LogP contribution in [0.2, 0.25) is 0 Å². The second-order valence-electron chi connectivity index (χ2n) is 4.23. The summed E-state index contributed by atoms with van der Waals surface area (Å²) in [4.78, 5) is 13.9. The number of anilines is 1. The lowest BCUT2D eigenvalue weighted by Crippen LogP contribution is -2.33. The van der Waals surface area contributed by atoms with Crippen molar-refractivity contribution >= 4 is 5.69 Å². The molecule has 1 aliphatic rings. The Bertz CT molecular complexity index is 399. The fraction of sp³-hybridized carbons (Fsp3) is 0.545. The van der Waals surface area contributed by atoms with Crippen LogP contribution in [0.5, 0.6) is 0 Å². The maximum Gasteiger partial charge on any atom is 0.250 e. The zero-order valence-electron chi connectivity index (χ0n) is 9.02. The number of pyridine rings is 1. The first-order valence-corrected chi connectivity index (χ1v) is 5.33. The highest BCUT2D eigenvalue weighted by molar-refractivity contribution is 5.33. The third-order valence-electron chi connectivity index (χ3n) is 3.09. The van der Waals surface area contributed by atoms with Crippen LogP contribution >= 0.6 is 0 Å². The zero-order valence-corrected chi connectivity index (χ0v) is 9.02. The molecule has 0 amide bonds. The molecule has 4 heteroatoms. The van der Waals surface area contributed by atoms with Crippen molar-refractivity contribution in [2.75, 3.05) is 19.3 Å². The molecule has 1 unspecified atom stereocenters. The van der Waals surface area contributed by atoms with E-state index in [1.165, 1.54) is 12.5 Å². The van der Waals surface area contributed by atoms with Crippen LogP contribution in [0.15, 0.2) is 23.1 Å². The summed E-state index contributed by atoms with van der Waals surface area (Å²) in [5.41, 5.74) is 6.34. The van der Waals surface area contributed by atoms with E-state index < -0.39 is 0 Å². The third kappa shape index (κ3) is 2.21. The van der Waals surface area contributed by atoms with Crippen molar-refractivity contribution in [3.8, 4) is 0 Å². The van der Waals surface area contributed by atoms with E-state index >= 15 is 0 Å². The Hall–Kier alpha value is -1.29. The van der Waals surface area contributed by atoms with E-state index in [9.17, 15) is 4.79 Å². The lowest BCUT2D eigenvalue weighted by atomic mass is 10.2. The van der Waals surface area contributed by atoms with Gasteiger partial charge in [-0.2, -0.15) is 0 Å². The fourth-order valence-corrected chi connectivity index (χ4v) is 2.13. The highest BCUT2D eigenvalue weighted by Gasteiger charge is 2.21. The standard InChI is InChI=1S/C11H17N3O/c1-13-6-2-3-10(13)8-14-7-9(12)4-5-11(14)15/h4-5,7,10H,2-3,6,8,12H2,1H3. The molecule has 0 bridgehead atoms. The minimum Gasteiger partial charge on any atom is -0.398 e. The Labute approximate surface area is 89.3 Å². The zero-order chi connectivity index (χ0) is 10.8. The van der Waals surface area contributed by atoms with Gasteiger partial charge >= 0.3 is 0 Å². The van der Waals surface area contributed by atoms with E-state index in [4.69, 9.17) is 5.73 Å². The van der Waals surface area contributed by atoms with Gasteiger partial charge in [-0.1, -0.05) is 0 Å². The first-order chi connectivity index (χ1) is 7.16. The van der Waals surface area contributed by atoms with E-state index in [1.54, 1.807) is 16.8 Å². The van der Waals surface area contributed by atoms with Crippen molar-refractivity contribution in [2.45, 2.75) is 25.4 Å². The molecular formula is C11H17N3O. The number of nitrogens with zero attached hydrogens (tertiary/aromatic N) is 2. The summed E-state index contributed by atoms with van der Waals surface area (Å²) in [6.07, 6.45) is 4.12. The quantitative estimate of drug-likeness (QED) is 0.769. The van der Waals surface area contributed by atoms with Crippen molar-refractivity contribution in [3.63, 3.8) is 0 Å². The minimum atomic E-state index is 0.0319. The van der Waals surface area contributed by atoms with Gasteiger partial charge in [-0.15, -0.1) is 0 Å². The molecule has 1 aliphatic heterocycles. The predicted molar refractivity (Wildman–Crippen MR) is 60.8 cm³/mol. The smallest absolute Gasteiger partial charge is 0.250 e. The molecule has 0 radical (unpaired) electrons. The van der Waals surface area contributed by atoms with Crippen LogP contribution < -0.4 is 11.3 Å². The largest absolute Gasteiger partial charge is 0.398 e. The number of nitrogen functional groups attached to an aromatic ring is 1. The van der Waals surface area contributed by atoms with Gasteiger partial charge in [-0.3, -0.25) is 4.79 Å². The molecule has 4 nitrogen and oxygen atoms in total. The predicted octanol–water partition coefficient (Wildman–Crippen LogP) is 0.525. The highest BCUT2D eigenvalue weighted by Crippen LogP contribution is 2.15. The molecule has 0 aromatic carbocycles. The van der Waals surface area contributed by atoms with Crippen molar-refractivity contribution < 1.29 is 0 Å². The van der Waals surface area contributed by atoms with Crippen molar-refractivity contribution in [1.82, 2.24) is 9.47 Å². The van der Waals surface area contributed by atoms with Crippen LogP contribution in [-0.4, -0.2) is 29.1 Å². The first kappa shape index (κ1) is 10.2. The van der Waals surface area contributed by atoms with E-state index in [0.29, 0.717) is 11.7 Å². The van der Waals surface area contributed by atoms with Crippen molar-refractivity contribution in [3.05, 3.63) is 28.7 Å². The highest BCUT2D eigenvalue weighted by atomic mass is 16.1. The van der Waals surface area contributed by atoms with E-state index in [1.807, 2.05) is 0 Å². The van der Waals surface area contributed by atoms with Gasteiger partial charge in [-0.25, -0.2) is 0 Å². The summed E-state index contributed by atoms with van der Waals surface area (Å²) in [7, 11) is 2.11. The Morgan fingerprint density at radius 2 is 2.33 bits per heavy atom. The number of rotatable bonds is 2. The normalized spacial score (nSPS) is 22.1. The molecular weight excluding hydrogens is 190 g/mol. The molecule has 82 valence electrons. The minimum absolute atomic E-state index is 0.0319. The van der Waals surface area contributed by atoms with Gasteiger partial charge in [0.15, 0.2) is 0 Å². The van der Waals surface area contributed by atoms with E-state index in [0.717, 1.165) is 19.5 Å². The Morgan fingerprint density at radius 1 is 1.53 bits per heavy atom. The van der Waals surface area contributed by atoms with Gasteiger partial charge in [0.2, 0.25) is 0 Å². The number of nitrogens with two attached hydrogens (primary N) is 1. The molecule has 15 heavy (non-hydrogen) atoms. The van der Waals surface area contributed by atoms with Gasteiger partial charge in [0.1, 0.15) is 0 Å². The molecule has 2 heterocycles. The van der Waals surface area contributed by atoms with Gasteiger partial charge in [0, 0.05) is 30.5 Å². The fourth-order valence-electron chi connectivity index (χ4n) is 2.13. The average Bonchev–Trinajstić information content (AvgIpc) is 2.58. The number of hydrogen-bond donors (Lipinski definition) is 1. The molecule has 0 saturated carbocycles. The van der Waals surface area contributed by atoms with Crippen LogP contribution in [-0.2, 0) is 6.54 Å². The molecule has 1 aromatic rings. The second kappa shape index (κ2) is 4.06. The molecule has 2 rings (SSSR count). The average molecular weight is 207 g/mol. The number of aromatic nitrogens is 1. The summed E-state index contributed by atoms with van der Waals surface area (Å²) < 4.78 is 1.71. The van der Waals surface area contributed by atoms with Gasteiger partial charge in [0.25, 0.3) is 5.56 Å². The molecule has 1 saturated heterocycles. The summed E-state index contributed by atoms with van der Waals surface area (Å²) in [5.74, 6) is 0. The topological polar surface area (TPSA) is 51.3 Å². The van der Waals surface area contributed by atoms with Gasteiger partial charge in [0.05, 0.1) is 0 Å². The lowest BCUT2D eigenvalue weighted by molar-refractivity contribution is 0.280. The molecule has 0 spiro atoms. The van der Waals surface area contributed by atoms with Crippen molar-refractivity contribution in [2.24, 2.45) is 0 Å². The first-order valence-electron chi connectivity index (χ1n) is 5.33. The molecule has 1 fully saturated rings. The van der Waals surface area contributed by atoms with Gasteiger partial charge in [-0.05, 0) is 32.5 Å². The molecule has 1 aromatic heterocycles. The molecule has 2 N–H and O–H groups in total. The summed E-state index contributed by atoms with van der Waals surface area (Å²) in [6, 6.07) is 3.66. The summed E-state index contributed by atoms with van der Waals surface area (Å²) in [6.45, 7) is 1.88. The third-order valence-corrected chi connectivity index (χ3v) is 3.09. The van der Waals surface area contributed by atoms with Crippen molar-refractivity contribution in [1.29, 1.82) is 0 Å². The van der Waals surface area contributed by atoms with Crippen LogP contribution in [0, 0.1) is 0 Å². The van der Waals surface area contributed by atoms with Crippen LogP contribution in [0.1, 0.15) is 12.8 Å². The van der Waals surface area contributed by atoms with E-state index in [2.05, 4.69) is 11.9 Å². The Morgan fingerprint density at radius 3 is 3.00 bits per heavy atom. The molecule has 1 atom stereocenters. The van der Waals surface area contributed by atoms with Crippen LogP contribution in [0.25, 0.3) is 0 Å². The van der Waals surface area contributed by atoms with Crippen LogP contribution in [0.3, 0.4) is 0 Å². The maximum absolute atomic E-state index is 11.6. The maximum atomic E-state index is 11.6. The lowest BCUT2D eigenvalue weighted by Gasteiger charge is -2.20. The van der Waals surface area contributed by atoms with E-state index in [-0.39, 0.29) is 5.56 Å².